The van der Waals surface area contributed by atoms with Crippen LogP contribution in [-0.2, 0) is 4.79 Å². The third-order valence-corrected chi connectivity index (χ3v) is 4.03. The van der Waals surface area contributed by atoms with Crippen molar-refractivity contribution in [1.82, 2.24) is 0 Å². The lowest BCUT2D eigenvalue weighted by Crippen LogP contribution is -2.27. The number of halogens is 1. The Hall–Kier alpha value is -1.98. The second-order valence-electron chi connectivity index (χ2n) is 4.44. The van der Waals surface area contributed by atoms with Gasteiger partial charge in [0.05, 0.1) is 10.6 Å². The van der Waals surface area contributed by atoms with E-state index in [1.165, 1.54) is 0 Å². The number of hydrogen-bond donors (Lipinski definition) is 0. The van der Waals surface area contributed by atoms with E-state index >= 15 is 0 Å². The molecule has 0 bridgehead atoms. The van der Waals surface area contributed by atoms with Crippen LogP contribution in [0.25, 0.3) is 6.08 Å². The summed E-state index contributed by atoms with van der Waals surface area (Å²) in [5.41, 5.74) is 0.501. The molecular formula is C15H10ClNO3S. The van der Waals surface area contributed by atoms with Crippen LogP contribution in [0.15, 0.2) is 45.7 Å². The van der Waals surface area contributed by atoms with Crippen LogP contribution in [0.1, 0.15) is 11.5 Å². The smallest absolute Gasteiger partial charge is 0.298 e. The monoisotopic (exact) mass is 319 g/mol. The Kier molecular flexibility index (Phi) is 3.61. The van der Waals surface area contributed by atoms with Gasteiger partial charge in [0.25, 0.3) is 11.1 Å². The molecule has 1 saturated heterocycles. The predicted molar refractivity (Wildman–Crippen MR) is 83.3 cm³/mol. The van der Waals surface area contributed by atoms with E-state index in [9.17, 15) is 9.59 Å². The van der Waals surface area contributed by atoms with Gasteiger partial charge in [-0.25, -0.2) is 4.90 Å². The summed E-state index contributed by atoms with van der Waals surface area (Å²) in [6, 6.07) is 10.1. The molecule has 0 spiro atoms. The molecule has 1 aromatic heterocycles. The SMILES string of the molecule is Cc1ccc(/C=C2/SC(=O)N(c3ccc(Cl)cc3)C2=O)o1. The summed E-state index contributed by atoms with van der Waals surface area (Å²) in [4.78, 5) is 25.9. The van der Waals surface area contributed by atoms with E-state index in [0.29, 0.717) is 21.4 Å². The van der Waals surface area contributed by atoms with Gasteiger partial charge in [0.2, 0.25) is 0 Å². The van der Waals surface area contributed by atoms with Gasteiger partial charge in [0, 0.05) is 11.1 Å². The number of nitrogens with zero attached hydrogens (tertiary/aromatic N) is 1. The molecule has 21 heavy (non-hydrogen) atoms. The first-order valence-electron chi connectivity index (χ1n) is 6.14. The van der Waals surface area contributed by atoms with Gasteiger partial charge in [-0.05, 0) is 55.1 Å². The molecule has 1 fully saturated rings. The lowest BCUT2D eigenvalue weighted by molar-refractivity contribution is -0.113. The van der Waals surface area contributed by atoms with Crippen molar-refractivity contribution in [3.8, 4) is 0 Å². The molecule has 3 rings (SSSR count). The minimum Gasteiger partial charge on any atom is -0.462 e. The lowest BCUT2D eigenvalue weighted by atomic mass is 10.3. The fraction of sp³-hybridized carbons (Fsp3) is 0.0667. The summed E-state index contributed by atoms with van der Waals surface area (Å²) in [6.45, 7) is 1.82. The fourth-order valence-corrected chi connectivity index (χ4v) is 2.89. The first kappa shape index (κ1) is 14.0. The summed E-state index contributed by atoms with van der Waals surface area (Å²) in [5, 5.41) is 0.212. The van der Waals surface area contributed by atoms with E-state index in [-0.39, 0.29) is 11.1 Å². The molecule has 0 aliphatic carbocycles. The van der Waals surface area contributed by atoms with Crippen molar-refractivity contribution < 1.29 is 14.0 Å². The van der Waals surface area contributed by atoms with Gasteiger partial charge >= 0.3 is 0 Å². The van der Waals surface area contributed by atoms with Crippen molar-refractivity contribution in [1.29, 1.82) is 0 Å². The molecule has 1 aromatic carbocycles. The van der Waals surface area contributed by atoms with Crippen molar-refractivity contribution in [3.05, 3.63) is 57.8 Å². The maximum Gasteiger partial charge on any atom is 0.298 e. The van der Waals surface area contributed by atoms with Crippen LogP contribution in [0.3, 0.4) is 0 Å². The molecular weight excluding hydrogens is 310 g/mol. The maximum atomic E-state index is 12.4. The van der Waals surface area contributed by atoms with Gasteiger partial charge in [0.1, 0.15) is 11.5 Å². The van der Waals surface area contributed by atoms with E-state index in [1.54, 1.807) is 42.5 Å². The molecule has 2 amide bonds. The first-order chi connectivity index (χ1) is 10.0. The lowest BCUT2D eigenvalue weighted by Gasteiger charge is -2.11. The largest absolute Gasteiger partial charge is 0.462 e. The zero-order valence-corrected chi connectivity index (χ0v) is 12.6. The van der Waals surface area contributed by atoms with Crippen LogP contribution in [-0.4, -0.2) is 11.1 Å². The number of imide groups is 1. The topological polar surface area (TPSA) is 50.5 Å². The number of carbonyl (C=O) groups is 2. The van der Waals surface area contributed by atoms with Crippen molar-refractivity contribution in [2.45, 2.75) is 6.92 Å². The highest BCUT2D eigenvalue weighted by Crippen LogP contribution is 2.36. The number of thioether (sulfide) groups is 1. The Morgan fingerprint density at radius 2 is 1.86 bits per heavy atom. The molecule has 0 radical (unpaired) electrons. The molecule has 1 aliphatic heterocycles. The maximum absolute atomic E-state index is 12.4. The van der Waals surface area contributed by atoms with Crippen LogP contribution >= 0.6 is 23.4 Å². The van der Waals surface area contributed by atoms with E-state index in [0.717, 1.165) is 22.4 Å². The molecule has 0 atom stereocenters. The number of aryl methyl sites for hydroxylation is 1. The second-order valence-corrected chi connectivity index (χ2v) is 5.87. The predicted octanol–water partition coefficient (Wildman–Crippen LogP) is 4.48. The zero-order chi connectivity index (χ0) is 15.0. The van der Waals surface area contributed by atoms with Crippen LogP contribution in [0, 0.1) is 6.92 Å². The standard InChI is InChI=1S/C15H10ClNO3S/c1-9-2-7-12(20-9)8-13-14(18)17(15(19)21-13)11-5-3-10(16)4-6-11/h2-8H,1H3/b13-8+. The molecule has 106 valence electrons. The van der Waals surface area contributed by atoms with Gasteiger partial charge in [0.15, 0.2) is 0 Å². The normalized spacial score (nSPS) is 17.0. The minimum atomic E-state index is -0.360. The van der Waals surface area contributed by atoms with Crippen LogP contribution in [0.4, 0.5) is 10.5 Å². The summed E-state index contributed by atoms with van der Waals surface area (Å²) >= 11 is 6.70. The van der Waals surface area contributed by atoms with E-state index in [1.807, 2.05) is 6.92 Å². The Morgan fingerprint density at radius 1 is 1.14 bits per heavy atom. The number of amides is 2. The molecule has 2 heterocycles. The van der Waals surface area contributed by atoms with Crippen molar-refractivity contribution >= 4 is 46.3 Å². The van der Waals surface area contributed by atoms with E-state index in [4.69, 9.17) is 16.0 Å². The summed E-state index contributed by atoms with van der Waals surface area (Å²) in [6.07, 6.45) is 1.58. The average molecular weight is 320 g/mol. The minimum absolute atomic E-state index is 0.336. The first-order valence-corrected chi connectivity index (χ1v) is 7.34. The molecule has 2 aromatic rings. The van der Waals surface area contributed by atoms with Gasteiger partial charge < -0.3 is 4.42 Å². The number of benzene rings is 1. The molecule has 6 heteroatoms. The Morgan fingerprint density at radius 3 is 2.48 bits per heavy atom. The molecule has 0 saturated carbocycles. The second kappa shape index (κ2) is 5.42. The number of hydrogen-bond acceptors (Lipinski definition) is 4. The summed E-state index contributed by atoms with van der Waals surface area (Å²) < 4.78 is 5.40. The third kappa shape index (κ3) is 2.75. The highest BCUT2D eigenvalue weighted by atomic mass is 35.5. The molecule has 1 aliphatic rings. The van der Waals surface area contributed by atoms with Crippen LogP contribution in [0.2, 0.25) is 5.02 Å². The zero-order valence-electron chi connectivity index (χ0n) is 11.0. The quantitative estimate of drug-likeness (QED) is 0.766. The number of rotatable bonds is 2. The highest BCUT2D eigenvalue weighted by molar-refractivity contribution is 8.19. The van der Waals surface area contributed by atoms with E-state index in [2.05, 4.69) is 0 Å². The average Bonchev–Trinajstić information content (AvgIpc) is 2.96. The van der Waals surface area contributed by atoms with E-state index < -0.39 is 0 Å². The molecule has 0 unspecified atom stereocenters. The summed E-state index contributed by atoms with van der Waals surface area (Å²) in [7, 11) is 0. The van der Waals surface area contributed by atoms with Gasteiger partial charge in [-0.2, -0.15) is 0 Å². The summed E-state index contributed by atoms with van der Waals surface area (Å²) in [5.74, 6) is 0.939. The third-order valence-electron chi connectivity index (χ3n) is 2.91. The Labute approximate surface area is 130 Å². The van der Waals surface area contributed by atoms with Gasteiger partial charge in [-0.1, -0.05) is 11.6 Å². The van der Waals surface area contributed by atoms with Crippen molar-refractivity contribution in [3.63, 3.8) is 0 Å². The Bertz CT molecular complexity index is 749. The van der Waals surface area contributed by atoms with Crippen LogP contribution in [0.5, 0.6) is 0 Å². The highest BCUT2D eigenvalue weighted by Gasteiger charge is 2.36. The molecule has 4 nitrogen and oxygen atoms in total. The fourth-order valence-electron chi connectivity index (χ4n) is 1.94. The van der Waals surface area contributed by atoms with Gasteiger partial charge in [-0.15, -0.1) is 0 Å². The van der Waals surface area contributed by atoms with Gasteiger partial charge in [-0.3, -0.25) is 9.59 Å². The number of carbonyl (C=O) groups excluding carboxylic acids is 2. The Balaban J connectivity index is 1.92. The van der Waals surface area contributed by atoms with Crippen molar-refractivity contribution in [2.24, 2.45) is 0 Å². The van der Waals surface area contributed by atoms with Crippen LogP contribution < -0.4 is 4.90 Å². The number of furan rings is 1. The van der Waals surface area contributed by atoms with Crippen molar-refractivity contribution in [2.75, 3.05) is 4.90 Å². The molecule has 0 N–H and O–H groups in total. The number of anilines is 1.